The molecular formula is C23H27N5O4S. The summed E-state index contributed by atoms with van der Waals surface area (Å²) in [5, 5.41) is 8.27. The lowest BCUT2D eigenvalue weighted by atomic mass is 10.3. The van der Waals surface area contributed by atoms with Crippen LogP contribution in [0.2, 0.25) is 0 Å². The average Bonchev–Trinajstić information content (AvgIpc) is 3.32. The molecule has 2 aromatic heterocycles. The van der Waals surface area contributed by atoms with Crippen molar-refractivity contribution in [2.24, 2.45) is 0 Å². The first-order valence-electron chi connectivity index (χ1n) is 10.4. The first kappa shape index (κ1) is 24.1. The molecule has 0 saturated heterocycles. The van der Waals surface area contributed by atoms with E-state index in [1.165, 1.54) is 11.3 Å². The van der Waals surface area contributed by atoms with Crippen LogP contribution in [0.5, 0.6) is 5.75 Å². The predicted molar refractivity (Wildman–Crippen MR) is 127 cm³/mol. The van der Waals surface area contributed by atoms with Crippen LogP contribution in [0.15, 0.2) is 54.0 Å². The second kappa shape index (κ2) is 12.5. The average molecular weight is 470 g/mol. The number of hydrogen-bond donors (Lipinski definition) is 2. The standard InChI is InChI=1S/C23H27N5O4S/c1-31-14-13-28(12-10-21(29)25-15-17-7-5-6-11-24-17)22(30)19-16-33-23(27-19)26-18-8-3-4-9-20(18)32-2/h3-9,11,16H,10,12-15H2,1-2H3,(H,25,29)(H,26,27). The zero-order chi connectivity index (χ0) is 23.5. The Morgan fingerprint density at radius 3 is 2.67 bits per heavy atom. The number of anilines is 2. The Bertz CT molecular complexity index is 1040. The second-order valence-corrected chi connectivity index (χ2v) is 7.85. The molecule has 0 radical (unpaired) electrons. The number of benzene rings is 1. The van der Waals surface area contributed by atoms with Gasteiger partial charge in [0.25, 0.3) is 5.91 Å². The van der Waals surface area contributed by atoms with Gasteiger partial charge in [-0.05, 0) is 24.3 Å². The van der Waals surface area contributed by atoms with Crippen molar-refractivity contribution in [2.75, 3.05) is 39.2 Å². The van der Waals surface area contributed by atoms with Crippen LogP contribution < -0.4 is 15.4 Å². The summed E-state index contributed by atoms with van der Waals surface area (Å²) in [6.07, 6.45) is 1.84. The van der Waals surface area contributed by atoms with Gasteiger partial charge in [-0.15, -0.1) is 11.3 Å². The zero-order valence-corrected chi connectivity index (χ0v) is 19.4. The van der Waals surface area contributed by atoms with E-state index < -0.39 is 0 Å². The van der Waals surface area contributed by atoms with Gasteiger partial charge in [0.05, 0.1) is 31.6 Å². The van der Waals surface area contributed by atoms with E-state index in [1.54, 1.807) is 30.7 Å². The minimum atomic E-state index is -0.256. The minimum absolute atomic E-state index is 0.160. The lowest BCUT2D eigenvalue weighted by molar-refractivity contribution is -0.121. The number of carbonyl (C=O) groups is 2. The van der Waals surface area contributed by atoms with Crippen molar-refractivity contribution in [1.29, 1.82) is 0 Å². The van der Waals surface area contributed by atoms with Crippen molar-refractivity contribution >= 4 is 34.0 Å². The van der Waals surface area contributed by atoms with Crippen molar-refractivity contribution in [3.63, 3.8) is 0 Å². The predicted octanol–water partition coefficient (Wildman–Crippen LogP) is 3.09. The van der Waals surface area contributed by atoms with Gasteiger partial charge in [0.2, 0.25) is 5.91 Å². The third-order valence-electron chi connectivity index (χ3n) is 4.73. The van der Waals surface area contributed by atoms with Crippen LogP contribution in [0.1, 0.15) is 22.6 Å². The van der Waals surface area contributed by atoms with Crippen molar-refractivity contribution in [2.45, 2.75) is 13.0 Å². The van der Waals surface area contributed by atoms with Crippen molar-refractivity contribution in [3.8, 4) is 5.75 Å². The first-order chi connectivity index (χ1) is 16.1. The molecule has 2 N–H and O–H groups in total. The number of nitrogens with one attached hydrogen (secondary N) is 2. The number of hydrogen-bond acceptors (Lipinski definition) is 8. The van der Waals surface area contributed by atoms with Gasteiger partial charge >= 0.3 is 0 Å². The summed E-state index contributed by atoms with van der Waals surface area (Å²) in [5.41, 5.74) is 1.84. The Balaban J connectivity index is 1.58. The highest BCUT2D eigenvalue weighted by atomic mass is 32.1. The number of ether oxygens (including phenoxy) is 2. The first-order valence-corrected chi connectivity index (χ1v) is 11.3. The number of methoxy groups -OCH3 is 2. The van der Waals surface area contributed by atoms with Crippen LogP contribution in [0, 0.1) is 0 Å². The number of para-hydroxylation sites is 2. The Morgan fingerprint density at radius 2 is 1.91 bits per heavy atom. The van der Waals surface area contributed by atoms with Gasteiger partial charge in [-0.1, -0.05) is 18.2 Å². The van der Waals surface area contributed by atoms with Crippen molar-refractivity contribution in [1.82, 2.24) is 20.2 Å². The minimum Gasteiger partial charge on any atom is -0.495 e. The van der Waals surface area contributed by atoms with Gasteiger partial charge in [0.15, 0.2) is 5.13 Å². The summed E-state index contributed by atoms with van der Waals surface area (Å²) >= 11 is 1.32. The molecular weight excluding hydrogens is 442 g/mol. The summed E-state index contributed by atoms with van der Waals surface area (Å²) in [7, 11) is 3.16. The maximum absolute atomic E-state index is 13.1. The molecule has 0 fully saturated rings. The molecule has 0 aliphatic carbocycles. The molecule has 0 saturated carbocycles. The van der Waals surface area contributed by atoms with Gasteiger partial charge in [-0.3, -0.25) is 14.6 Å². The largest absolute Gasteiger partial charge is 0.495 e. The molecule has 0 aliphatic heterocycles. The smallest absolute Gasteiger partial charge is 0.273 e. The summed E-state index contributed by atoms with van der Waals surface area (Å²) in [5.74, 6) is 0.264. The molecule has 174 valence electrons. The normalized spacial score (nSPS) is 10.5. The lowest BCUT2D eigenvalue weighted by Gasteiger charge is -2.21. The Labute approximate surface area is 196 Å². The fourth-order valence-corrected chi connectivity index (χ4v) is 3.68. The van der Waals surface area contributed by atoms with Gasteiger partial charge in [0, 0.05) is 38.2 Å². The molecule has 33 heavy (non-hydrogen) atoms. The van der Waals surface area contributed by atoms with Crippen molar-refractivity contribution < 1.29 is 19.1 Å². The third kappa shape index (κ3) is 7.26. The maximum Gasteiger partial charge on any atom is 0.273 e. The van der Waals surface area contributed by atoms with Crippen LogP contribution in [0.4, 0.5) is 10.8 Å². The van der Waals surface area contributed by atoms with E-state index in [-0.39, 0.29) is 24.8 Å². The Kier molecular flexibility index (Phi) is 9.16. The molecule has 2 amide bonds. The molecule has 2 heterocycles. The van der Waals surface area contributed by atoms with Crippen molar-refractivity contribution in [3.05, 3.63) is 65.4 Å². The number of carbonyl (C=O) groups excluding carboxylic acids is 2. The maximum atomic E-state index is 13.1. The Hall–Kier alpha value is -3.50. The fraction of sp³-hybridized carbons (Fsp3) is 0.304. The lowest BCUT2D eigenvalue weighted by Crippen LogP contribution is -2.37. The summed E-state index contributed by atoms with van der Waals surface area (Å²) in [6.45, 7) is 1.31. The molecule has 0 bridgehead atoms. The molecule has 3 aromatic rings. The number of thiazole rings is 1. The fourth-order valence-electron chi connectivity index (χ4n) is 2.99. The van der Waals surface area contributed by atoms with E-state index in [0.29, 0.717) is 36.3 Å². The van der Waals surface area contributed by atoms with E-state index in [2.05, 4.69) is 20.6 Å². The quantitative estimate of drug-likeness (QED) is 0.420. The van der Waals surface area contributed by atoms with Crippen LogP contribution in [0.25, 0.3) is 0 Å². The van der Waals surface area contributed by atoms with E-state index >= 15 is 0 Å². The highest BCUT2D eigenvalue weighted by Gasteiger charge is 2.20. The van der Waals surface area contributed by atoms with E-state index in [4.69, 9.17) is 9.47 Å². The summed E-state index contributed by atoms with van der Waals surface area (Å²) in [6, 6.07) is 13.0. The second-order valence-electron chi connectivity index (χ2n) is 7.00. The van der Waals surface area contributed by atoms with Crippen LogP contribution in [0.3, 0.4) is 0 Å². The highest BCUT2D eigenvalue weighted by molar-refractivity contribution is 7.14. The van der Waals surface area contributed by atoms with E-state index in [9.17, 15) is 9.59 Å². The molecule has 0 spiro atoms. The number of rotatable bonds is 12. The summed E-state index contributed by atoms with van der Waals surface area (Å²) in [4.78, 5) is 35.5. The number of pyridine rings is 1. The number of aromatic nitrogens is 2. The zero-order valence-electron chi connectivity index (χ0n) is 18.6. The van der Waals surface area contributed by atoms with Gasteiger partial charge in [0.1, 0.15) is 11.4 Å². The molecule has 9 nitrogen and oxygen atoms in total. The van der Waals surface area contributed by atoms with Crippen LogP contribution >= 0.6 is 11.3 Å². The molecule has 0 unspecified atom stereocenters. The monoisotopic (exact) mass is 469 g/mol. The molecule has 3 rings (SSSR count). The highest BCUT2D eigenvalue weighted by Crippen LogP contribution is 2.28. The van der Waals surface area contributed by atoms with Gasteiger partial charge in [-0.2, -0.15) is 0 Å². The van der Waals surface area contributed by atoms with E-state index in [0.717, 1.165) is 11.4 Å². The number of amides is 2. The summed E-state index contributed by atoms with van der Waals surface area (Å²) < 4.78 is 10.5. The number of nitrogens with zero attached hydrogens (tertiary/aromatic N) is 3. The molecule has 0 aliphatic rings. The molecule has 10 heteroatoms. The Morgan fingerprint density at radius 1 is 1.09 bits per heavy atom. The van der Waals surface area contributed by atoms with Gasteiger partial charge < -0.3 is 25.0 Å². The molecule has 1 aromatic carbocycles. The third-order valence-corrected chi connectivity index (χ3v) is 5.48. The molecule has 0 atom stereocenters. The van der Waals surface area contributed by atoms with Crippen LogP contribution in [-0.2, 0) is 16.1 Å². The SMILES string of the molecule is COCCN(CCC(=O)NCc1ccccn1)C(=O)c1csc(Nc2ccccc2OC)n1. The van der Waals surface area contributed by atoms with Crippen LogP contribution in [-0.4, -0.2) is 60.6 Å². The topological polar surface area (TPSA) is 106 Å². The van der Waals surface area contributed by atoms with Gasteiger partial charge in [-0.25, -0.2) is 4.98 Å². The van der Waals surface area contributed by atoms with E-state index in [1.807, 2.05) is 42.5 Å².